The first-order valence-electron chi connectivity index (χ1n) is 4.36. The summed E-state index contributed by atoms with van der Waals surface area (Å²) in [4.78, 5) is 11.2. The number of esters is 1. The fourth-order valence-corrected chi connectivity index (χ4v) is 1.16. The van der Waals surface area contributed by atoms with E-state index < -0.39 is 0 Å². The minimum atomic E-state index is -0.336. The third kappa shape index (κ3) is 1.46. The first kappa shape index (κ1) is 9.52. The second-order valence-electron chi connectivity index (χ2n) is 3.59. The number of epoxide rings is 1. The Bertz CT molecular complexity index is 188. The summed E-state index contributed by atoms with van der Waals surface area (Å²) in [6.07, 6.45) is -0.336. The van der Waals surface area contributed by atoms with Crippen LogP contribution in [0, 0.1) is 5.92 Å². The van der Waals surface area contributed by atoms with Crippen molar-refractivity contribution in [2.45, 2.75) is 39.4 Å². The van der Waals surface area contributed by atoms with Crippen molar-refractivity contribution < 1.29 is 14.3 Å². The van der Waals surface area contributed by atoms with E-state index >= 15 is 0 Å². The van der Waals surface area contributed by atoms with Gasteiger partial charge in [-0.15, -0.1) is 0 Å². The summed E-state index contributed by atoms with van der Waals surface area (Å²) in [5.74, 6) is 0.126. The number of rotatable bonds is 3. The van der Waals surface area contributed by atoms with E-state index in [9.17, 15) is 4.79 Å². The molecule has 1 heterocycles. The predicted octanol–water partition coefficient (Wildman–Crippen LogP) is 1.36. The molecule has 2 atom stereocenters. The summed E-state index contributed by atoms with van der Waals surface area (Å²) in [6, 6.07) is 0. The van der Waals surface area contributed by atoms with Gasteiger partial charge in [0.15, 0.2) is 6.10 Å². The minimum Gasteiger partial charge on any atom is -0.464 e. The molecule has 0 unspecified atom stereocenters. The van der Waals surface area contributed by atoms with Gasteiger partial charge >= 0.3 is 5.97 Å². The third-order valence-electron chi connectivity index (χ3n) is 2.48. The highest BCUT2D eigenvalue weighted by molar-refractivity contribution is 5.79. The zero-order valence-corrected chi connectivity index (χ0v) is 8.09. The van der Waals surface area contributed by atoms with Crippen LogP contribution in [0.2, 0.25) is 0 Å². The van der Waals surface area contributed by atoms with Crippen LogP contribution < -0.4 is 0 Å². The van der Waals surface area contributed by atoms with Crippen molar-refractivity contribution in [2.75, 3.05) is 6.61 Å². The lowest BCUT2D eigenvalue weighted by Gasteiger charge is -2.09. The molecule has 12 heavy (non-hydrogen) atoms. The third-order valence-corrected chi connectivity index (χ3v) is 2.48. The molecule has 0 aromatic rings. The Morgan fingerprint density at radius 1 is 1.67 bits per heavy atom. The molecule has 0 saturated carbocycles. The molecule has 3 nitrogen and oxygen atoms in total. The van der Waals surface area contributed by atoms with Crippen molar-refractivity contribution in [3.05, 3.63) is 0 Å². The van der Waals surface area contributed by atoms with Gasteiger partial charge in [-0.1, -0.05) is 13.8 Å². The van der Waals surface area contributed by atoms with Crippen molar-refractivity contribution in [3.8, 4) is 0 Å². The average molecular weight is 172 g/mol. The van der Waals surface area contributed by atoms with Gasteiger partial charge in [0.25, 0.3) is 0 Å². The topological polar surface area (TPSA) is 38.8 Å². The molecule has 0 aromatic carbocycles. The largest absolute Gasteiger partial charge is 0.464 e. The Balaban J connectivity index is 2.45. The summed E-state index contributed by atoms with van der Waals surface area (Å²) < 4.78 is 10.2. The molecule has 0 aliphatic carbocycles. The predicted molar refractivity (Wildman–Crippen MR) is 44.7 cm³/mol. The van der Waals surface area contributed by atoms with Crippen LogP contribution >= 0.6 is 0 Å². The quantitative estimate of drug-likeness (QED) is 0.476. The maximum Gasteiger partial charge on any atom is 0.338 e. The highest BCUT2D eigenvalue weighted by Gasteiger charge is 2.59. The lowest BCUT2D eigenvalue weighted by molar-refractivity contribution is -0.144. The van der Waals surface area contributed by atoms with Crippen LogP contribution in [0.1, 0.15) is 27.7 Å². The van der Waals surface area contributed by atoms with Gasteiger partial charge < -0.3 is 9.47 Å². The van der Waals surface area contributed by atoms with Gasteiger partial charge in [0.1, 0.15) is 5.60 Å². The molecule has 3 heteroatoms. The summed E-state index contributed by atoms with van der Waals surface area (Å²) >= 11 is 0. The van der Waals surface area contributed by atoms with Crippen LogP contribution in [0.15, 0.2) is 0 Å². The molecule has 70 valence electrons. The number of hydrogen-bond acceptors (Lipinski definition) is 3. The molecule has 1 rings (SSSR count). The molecule has 0 aromatic heterocycles. The normalized spacial score (nSPS) is 33.6. The Hall–Kier alpha value is -0.570. The summed E-state index contributed by atoms with van der Waals surface area (Å²) in [5, 5.41) is 0. The summed E-state index contributed by atoms with van der Waals surface area (Å²) in [5.41, 5.74) is -0.285. The van der Waals surface area contributed by atoms with Gasteiger partial charge in [-0.2, -0.15) is 0 Å². The van der Waals surface area contributed by atoms with E-state index in [0.717, 1.165) is 0 Å². The molecular formula is C9H16O3. The number of hydrogen-bond donors (Lipinski definition) is 0. The van der Waals surface area contributed by atoms with Crippen LogP contribution in [0.4, 0.5) is 0 Å². The summed E-state index contributed by atoms with van der Waals surface area (Å²) in [7, 11) is 0. The minimum absolute atomic E-state index is 0.228. The van der Waals surface area contributed by atoms with Crippen LogP contribution in [-0.4, -0.2) is 24.3 Å². The molecule has 0 amide bonds. The van der Waals surface area contributed by atoms with E-state index in [1.54, 1.807) is 6.92 Å². The molecule has 0 radical (unpaired) electrons. The van der Waals surface area contributed by atoms with Gasteiger partial charge in [0.05, 0.1) is 6.61 Å². The second-order valence-corrected chi connectivity index (χ2v) is 3.59. The van der Waals surface area contributed by atoms with Crippen molar-refractivity contribution in [2.24, 2.45) is 5.92 Å². The second kappa shape index (κ2) is 3.05. The van der Waals surface area contributed by atoms with E-state index in [-0.39, 0.29) is 17.7 Å². The monoisotopic (exact) mass is 172 g/mol. The molecule has 0 bridgehead atoms. The molecule has 1 aliphatic rings. The van der Waals surface area contributed by atoms with E-state index in [1.807, 2.05) is 20.8 Å². The molecule has 0 N–H and O–H groups in total. The summed E-state index contributed by atoms with van der Waals surface area (Å²) in [6.45, 7) is 8.25. The average Bonchev–Trinajstić information content (AvgIpc) is 2.65. The Morgan fingerprint density at radius 2 is 2.25 bits per heavy atom. The van der Waals surface area contributed by atoms with E-state index in [2.05, 4.69) is 0 Å². The maximum atomic E-state index is 11.2. The number of ether oxygens (including phenoxy) is 2. The zero-order chi connectivity index (χ0) is 9.35. The van der Waals surface area contributed by atoms with Crippen molar-refractivity contribution in [3.63, 3.8) is 0 Å². The van der Waals surface area contributed by atoms with Gasteiger partial charge in [0, 0.05) is 0 Å². The number of carbonyl (C=O) groups excluding carboxylic acids is 1. The fourth-order valence-electron chi connectivity index (χ4n) is 1.16. The lowest BCUT2D eigenvalue weighted by atomic mass is 9.94. The van der Waals surface area contributed by atoms with Crippen LogP contribution in [0.5, 0.6) is 0 Å². The van der Waals surface area contributed by atoms with E-state index in [4.69, 9.17) is 9.47 Å². The van der Waals surface area contributed by atoms with Crippen LogP contribution in [0.25, 0.3) is 0 Å². The van der Waals surface area contributed by atoms with Gasteiger partial charge in [-0.25, -0.2) is 4.79 Å². The SMILES string of the molecule is CCOC(=O)[C@H]1O[C@]1(C)C(C)C. The maximum absolute atomic E-state index is 11.2. The number of carbonyl (C=O) groups is 1. The van der Waals surface area contributed by atoms with E-state index in [1.165, 1.54) is 0 Å². The lowest BCUT2D eigenvalue weighted by Crippen LogP contribution is -2.24. The van der Waals surface area contributed by atoms with Crippen molar-refractivity contribution in [1.29, 1.82) is 0 Å². The smallest absolute Gasteiger partial charge is 0.338 e. The van der Waals surface area contributed by atoms with Crippen LogP contribution in [-0.2, 0) is 14.3 Å². The Labute approximate surface area is 73.0 Å². The first-order valence-corrected chi connectivity index (χ1v) is 4.36. The molecular weight excluding hydrogens is 156 g/mol. The van der Waals surface area contributed by atoms with Gasteiger partial charge in [-0.05, 0) is 19.8 Å². The first-order chi connectivity index (χ1) is 5.52. The highest BCUT2D eigenvalue weighted by atomic mass is 16.7. The molecule has 0 spiro atoms. The Morgan fingerprint density at radius 3 is 2.58 bits per heavy atom. The van der Waals surface area contributed by atoms with Crippen molar-refractivity contribution >= 4 is 5.97 Å². The molecule has 1 aliphatic heterocycles. The fraction of sp³-hybridized carbons (Fsp3) is 0.889. The standard InChI is InChI=1S/C9H16O3/c1-5-11-8(10)7-9(4,12-7)6(2)3/h6-7H,5H2,1-4H3/t7-,9-/m1/s1. The van der Waals surface area contributed by atoms with Gasteiger partial charge in [-0.3, -0.25) is 0 Å². The molecule has 1 fully saturated rings. The van der Waals surface area contributed by atoms with Gasteiger partial charge in [0.2, 0.25) is 0 Å². The highest BCUT2D eigenvalue weighted by Crippen LogP contribution is 2.43. The van der Waals surface area contributed by atoms with E-state index in [0.29, 0.717) is 12.5 Å². The molecule has 1 saturated heterocycles. The Kier molecular flexibility index (Phi) is 2.42. The zero-order valence-electron chi connectivity index (χ0n) is 8.09. The van der Waals surface area contributed by atoms with Crippen LogP contribution in [0.3, 0.4) is 0 Å². The van der Waals surface area contributed by atoms with Crippen molar-refractivity contribution in [1.82, 2.24) is 0 Å².